The van der Waals surface area contributed by atoms with Crippen LogP contribution in [-0.2, 0) is 13.0 Å². The number of ether oxygens (including phenoxy) is 1. The third-order valence-electron chi connectivity index (χ3n) is 4.13. The highest BCUT2D eigenvalue weighted by molar-refractivity contribution is 5.85. The maximum atomic E-state index is 10.5. The van der Waals surface area contributed by atoms with E-state index in [2.05, 4.69) is 9.88 Å². The summed E-state index contributed by atoms with van der Waals surface area (Å²) in [5.41, 5.74) is 3.29. The van der Waals surface area contributed by atoms with E-state index >= 15 is 0 Å². The molecule has 24 heavy (non-hydrogen) atoms. The van der Waals surface area contributed by atoms with Crippen LogP contribution in [0.25, 0.3) is 10.9 Å². The number of nitrogens with zero attached hydrogens (tertiary/aromatic N) is 1. The molecule has 0 aliphatic rings. The smallest absolute Gasteiger partial charge is 0.119 e. The van der Waals surface area contributed by atoms with E-state index in [1.165, 1.54) is 0 Å². The molecule has 0 unspecified atom stereocenters. The number of aliphatic hydroxyl groups is 1. The molecule has 0 fully saturated rings. The average molecular weight is 347 g/mol. The number of para-hydroxylation sites is 1. The second-order valence-electron chi connectivity index (χ2n) is 5.66. The Balaban J connectivity index is 0.00000208. The Hall–Kier alpha value is -2.17. The molecule has 0 bridgehead atoms. The monoisotopic (exact) mass is 346 g/mol. The average Bonchev–Trinajstić information content (AvgIpc) is 2.97. The van der Waals surface area contributed by atoms with Crippen LogP contribution in [0.2, 0.25) is 0 Å². The van der Waals surface area contributed by atoms with Gasteiger partial charge >= 0.3 is 0 Å². The van der Waals surface area contributed by atoms with Crippen molar-refractivity contribution in [3.63, 3.8) is 0 Å². The molecular weight excluding hydrogens is 324 g/mol. The summed E-state index contributed by atoms with van der Waals surface area (Å²) in [5.74, 6) is 0.846. The first-order valence-electron chi connectivity index (χ1n) is 7.78. The van der Waals surface area contributed by atoms with Gasteiger partial charge in [0.2, 0.25) is 0 Å². The molecule has 3 rings (SSSR count). The SMILES string of the molecule is CNc1ccccc1C[C@@H](O)Cn1ccc2cc(OC)ccc21.Cl. The van der Waals surface area contributed by atoms with Gasteiger partial charge in [-0.1, -0.05) is 18.2 Å². The van der Waals surface area contributed by atoms with Crippen LogP contribution in [0.15, 0.2) is 54.7 Å². The van der Waals surface area contributed by atoms with E-state index in [1.807, 2.05) is 61.8 Å². The fourth-order valence-electron chi connectivity index (χ4n) is 2.95. The van der Waals surface area contributed by atoms with Crippen molar-refractivity contribution >= 4 is 29.0 Å². The van der Waals surface area contributed by atoms with Gasteiger partial charge in [-0.25, -0.2) is 0 Å². The van der Waals surface area contributed by atoms with E-state index in [0.717, 1.165) is 27.9 Å². The van der Waals surface area contributed by atoms with Crippen LogP contribution in [0.4, 0.5) is 5.69 Å². The van der Waals surface area contributed by atoms with Gasteiger partial charge in [0.05, 0.1) is 13.2 Å². The van der Waals surface area contributed by atoms with Gasteiger partial charge < -0.3 is 19.7 Å². The Labute approximate surface area is 148 Å². The van der Waals surface area contributed by atoms with Crippen LogP contribution < -0.4 is 10.1 Å². The molecule has 5 heteroatoms. The predicted octanol–water partition coefficient (Wildman–Crippen LogP) is 3.72. The molecule has 0 spiro atoms. The minimum Gasteiger partial charge on any atom is -0.497 e. The zero-order valence-corrected chi connectivity index (χ0v) is 14.7. The standard InChI is InChI=1S/C19H22N2O2.ClH/c1-20-18-6-4-3-5-14(18)11-16(22)13-21-10-9-15-12-17(23-2)7-8-19(15)21;/h3-10,12,16,20,22H,11,13H2,1-2H3;1H/t16-;/m1./s1. The number of anilines is 1. The highest BCUT2D eigenvalue weighted by Crippen LogP contribution is 2.23. The molecule has 2 N–H and O–H groups in total. The Morgan fingerprint density at radius 3 is 2.71 bits per heavy atom. The van der Waals surface area contributed by atoms with E-state index in [9.17, 15) is 5.11 Å². The summed E-state index contributed by atoms with van der Waals surface area (Å²) in [4.78, 5) is 0. The number of halogens is 1. The molecule has 2 aromatic carbocycles. The summed E-state index contributed by atoms with van der Waals surface area (Å²) in [6, 6.07) is 16.1. The maximum Gasteiger partial charge on any atom is 0.119 e. The highest BCUT2D eigenvalue weighted by Gasteiger charge is 2.11. The number of aromatic nitrogens is 1. The number of nitrogens with one attached hydrogen (secondary N) is 1. The van der Waals surface area contributed by atoms with Crippen molar-refractivity contribution in [2.75, 3.05) is 19.5 Å². The van der Waals surface area contributed by atoms with Gasteiger partial charge in [0.25, 0.3) is 0 Å². The first-order chi connectivity index (χ1) is 11.2. The molecule has 1 atom stereocenters. The normalized spacial score (nSPS) is 11.8. The Morgan fingerprint density at radius 2 is 1.96 bits per heavy atom. The molecule has 128 valence electrons. The first-order valence-corrected chi connectivity index (χ1v) is 7.78. The lowest BCUT2D eigenvalue weighted by molar-refractivity contribution is 0.156. The van der Waals surface area contributed by atoms with E-state index in [0.29, 0.717) is 13.0 Å². The van der Waals surface area contributed by atoms with Crippen LogP contribution in [-0.4, -0.2) is 29.9 Å². The lowest BCUT2D eigenvalue weighted by Crippen LogP contribution is -2.18. The predicted molar refractivity (Wildman–Crippen MR) is 101 cm³/mol. The first kappa shape index (κ1) is 18.2. The number of rotatable bonds is 6. The van der Waals surface area contributed by atoms with E-state index in [4.69, 9.17) is 4.74 Å². The van der Waals surface area contributed by atoms with Crippen LogP contribution in [0.5, 0.6) is 5.75 Å². The van der Waals surface area contributed by atoms with Crippen molar-refractivity contribution in [1.82, 2.24) is 4.57 Å². The largest absolute Gasteiger partial charge is 0.497 e. The molecular formula is C19H23ClN2O2. The molecule has 4 nitrogen and oxygen atoms in total. The van der Waals surface area contributed by atoms with E-state index in [1.54, 1.807) is 7.11 Å². The second kappa shape index (κ2) is 8.08. The number of methoxy groups -OCH3 is 1. The summed E-state index contributed by atoms with van der Waals surface area (Å²) in [5, 5.41) is 14.8. The van der Waals surface area contributed by atoms with Crippen LogP contribution >= 0.6 is 12.4 Å². The second-order valence-corrected chi connectivity index (χ2v) is 5.66. The molecule has 0 aliphatic heterocycles. The van der Waals surface area contributed by atoms with E-state index < -0.39 is 6.10 Å². The molecule has 0 radical (unpaired) electrons. The molecule has 0 saturated carbocycles. The maximum absolute atomic E-state index is 10.5. The fraction of sp³-hybridized carbons (Fsp3) is 0.263. The number of hydrogen-bond acceptors (Lipinski definition) is 3. The van der Waals surface area contributed by atoms with Gasteiger partial charge in [-0.2, -0.15) is 0 Å². The number of fused-ring (bicyclic) bond motifs is 1. The topological polar surface area (TPSA) is 46.4 Å². The van der Waals surface area contributed by atoms with Gasteiger partial charge in [-0.15, -0.1) is 12.4 Å². The van der Waals surface area contributed by atoms with Crippen LogP contribution in [0, 0.1) is 0 Å². The summed E-state index contributed by atoms with van der Waals surface area (Å²) >= 11 is 0. The van der Waals surface area contributed by atoms with Crippen molar-refractivity contribution in [1.29, 1.82) is 0 Å². The molecule has 0 aliphatic carbocycles. The van der Waals surface area contributed by atoms with Gasteiger partial charge in [0, 0.05) is 42.8 Å². The van der Waals surface area contributed by atoms with Crippen molar-refractivity contribution < 1.29 is 9.84 Å². The van der Waals surface area contributed by atoms with E-state index in [-0.39, 0.29) is 12.4 Å². The van der Waals surface area contributed by atoms with Crippen molar-refractivity contribution in [2.45, 2.75) is 19.1 Å². The molecule has 0 saturated heterocycles. The molecule has 3 aromatic rings. The molecule has 1 heterocycles. The minimum absolute atomic E-state index is 0. The number of hydrogen-bond donors (Lipinski definition) is 2. The third-order valence-corrected chi connectivity index (χ3v) is 4.13. The quantitative estimate of drug-likeness (QED) is 0.715. The van der Waals surface area contributed by atoms with Gasteiger partial charge in [0.15, 0.2) is 0 Å². The summed E-state index contributed by atoms with van der Waals surface area (Å²) in [6.07, 6.45) is 2.19. The summed E-state index contributed by atoms with van der Waals surface area (Å²) < 4.78 is 7.34. The van der Waals surface area contributed by atoms with Crippen molar-refractivity contribution in [3.8, 4) is 5.75 Å². The Morgan fingerprint density at radius 1 is 1.17 bits per heavy atom. The highest BCUT2D eigenvalue weighted by atomic mass is 35.5. The number of benzene rings is 2. The zero-order valence-electron chi connectivity index (χ0n) is 13.9. The van der Waals surface area contributed by atoms with Crippen LogP contribution in [0.1, 0.15) is 5.56 Å². The fourth-order valence-corrected chi connectivity index (χ4v) is 2.95. The molecule has 0 amide bonds. The van der Waals surface area contributed by atoms with Gasteiger partial charge in [-0.05, 0) is 35.9 Å². The Kier molecular flexibility index (Phi) is 6.12. The van der Waals surface area contributed by atoms with Crippen molar-refractivity contribution in [2.24, 2.45) is 0 Å². The van der Waals surface area contributed by atoms with Gasteiger partial charge in [-0.3, -0.25) is 0 Å². The summed E-state index contributed by atoms with van der Waals surface area (Å²) in [7, 11) is 3.57. The number of aliphatic hydroxyl groups excluding tert-OH is 1. The van der Waals surface area contributed by atoms with Crippen LogP contribution in [0.3, 0.4) is 0 Å². The zero-order chi connectivity index (χ0) is 16.2. The van der Waals surface area contributed by atoms with Gasteiger partial charge in [0.1, 0.15) is 5.75 Å². The Bertz CT molecular complexity index is 801. The third kappa shape index (κ3) is 3.83. The lowest BCUT2D eigenvalue weighted by atomic mass is 10.1. The minimum atomic E-state index is -0.442. The molecule has 1 aromatic heterocycles. The van der Waals surface area contributed by atoms with Crippen molar-refractivity contribution in [3.05, 3.63) is 60.3 Å². The lowest BCUT2D eigenvalue weighted by Gasteiger charge is -2.15. The summed E-state index contributed by atoms with van der Waals surface area (Å²) in [6.45, 7) is 0.563.